The third-order valence-corrected chi connectivity index (χ3v) is 4.87. The van der Waals surface area contributed by atoms with E-state index >= 15 is 0 Å². The molecule has 7 nitrogen and oxygen atoms in total. The van der Waals surface area contributed by atoms with Crippen LogP contribution in [0.3, 0.4) is 0 Å². The molecule has 1 aliphatic rings. The van der Waals surface area contributed by atoms with Gasteiger partial charge in [-0.2, -0.15) is 0 Å². The lowest BCUT2D eigenvalue weighted by Gasteiger charge is -2.22. The number of sulfonamides is 1. The summed E-state index contributed by atoms with van der Waals surface area (Å²) in [5.74, 6) is -1.00. The molecule has 0 saturated carbocycles. The number of carboxylic acid groups (broad SMARTS) is 1. The molecular formula is C14H19NO6S. The van der Waals surface area contributed by atoms with Crippen LogP contribution in [-0.2, 0) is 14.8 Å². The Labute approximate surface area is 129 Å². The minimum atomic E-state index is -3.66. The molecule has 8 heteroatoms. The molecule has 1 atom stereocenters. The van der Waals surface area contributed by atoms with Gasteiger partial charge < -0.3 is 14.6 Å². The lowest BCUT2D eigenvalue weighted by Crippen LogP contribution is -2.29. The minimum Gasteiger partial charge on any atom is -0.497 e. The van der Waals surface area contributed by atoms with Gasteiger partial charge in [-0.15, -0.1) is 0 Å². The monoisotopic (exact) mass is 329 g/mol. The van der Waals surface area contributed by atoms with Crippen molar-refractivity contribution in [1.29, 1.82) is 0 Å². The Balaban J connectivity index is 2.18. The molecule has 2 N–H and O–H groups in total. The number of carbonyl (C=O) groups is 1. The molecule has 122 valence electrons. The third-order valence-electron chi connectivity index (χ3n) is 3.43. The number of nitrogens with one attached hydrogen (secondary N) is 1. The van der Waals surface area contributed by atoms with Crippen molar-refractivity contribution in [2.75, 3.05) is 30.8 Å². The number of benzene rings is 1. The highest BCUT2D eigenvalue weighted by Crippen LogP contribution is 2.25. The zero-order valence-electron chi connectivity index (χ0n) is 12.2. The number of ether oxygens (including phenoxy) is 2. The van der Waals surface area contributed by atoms with Gasteiger partial charge in [-0.3, -0.25) is 4.72 Å². The highest BCUT2D eigenvalue weighted by atomic mass is 32.2. The largest absolute Gasteiger partial charge is 0.497 e. The maximum atomic E-state index is 12.2. The van der Waals surface area contributed by atoms with Crippen LogP contribution in [0, 0.1) is 5.92 Å². The van der Waals surface area contributed by atoms with Gasteiger partial charge in [0.2, 0.25) is 10.0 Å². The molecule has 0 bridgehead atoms. The fourth-order valence-corrected chi connectivity index (χ4v) is 3.85. The quantitative estimate of drug-likeness (QED) is 0.821. The summed E-state index contributed by atoms with van der Waals surface area (Å²) in [5.41, 5.74) is -0.118. The maximum Gasteiger partial charge on any atom is 0.337 e. The van der Waals surface area contributed by atoms with Crippen LogP contribution < -0.4 is 9.46 Å². The van der Waals surface area contributed by atoms with E-state index in [1.54, 1.807) is 0 Å². The molecule has 1 aliphatic heterocycles. The van der Waals surface area contributed by atoms with Crippen molar-refractivity contribution < 1.29 is 27.8 Å². The minimum absolute atomic E-state index is 0.00331. The van der Waals surface area contributed by atoms with Crippen LogP contribution in [0.15, 0.2) is 18.2 Å². The predicted octanol–water partition coefficient (Wildman–Crippen LogP) is 1.56. The van der Waals surface area contributed by atoms with Crippen molar-refractivity contribution in [2.45, 2.75) is 12.8 Å². The van der Waals surface area contributed by atoms with Gasteiger partial charge in [0.1, 0.15) is 5.75 Å². The number of rotatable bonds is 6. The lowest BCUT2D eigenvalue weighted by atomic mass is 10.1. The van der Waals surface area contributed by atoms with Gasteiger partial charge >= 0.3 is 5.97 Å². The van der Waals surface area contributed by atoms with Crippen LogP contribution >= 0.6 is 0 Å². The van der Waals surface area contributed by atoms with Crippen LogP contribution in [0.2, 0.25) is 0 Å². The first-order valence-corrected chi connectivity index (χ1v) is 8.56. The molecule has 1 fully saturated rings. The number of hydrogen-bond acceptors (Lipinski definition) is 5. The molecule has 1 unspecified atom stereocenters. The number of methoxy groups -OCH3 is 1. The fourth-order valence-electron chi connectivity index (χ4n) is 2.38. The van der Waals surface area contributed by atoms with E-state index in [1.807, 2.05) is 0 Å². The Morgan fingerprint density at radius 2 is 2.27 bits per heavy atom. The van der Waals surface area contributed by atoms with E-state index in [1.165, 1.54) is 25.3 Å². The van der Waals surface area contributed by atoms with E-state index in [0.717, 1.165) is 12.8 Å². The Kier molecular flexibility index (Phi) is 5.25. The molecule has 22 heavy (non-hydrogen) atoms. The van der Waals surface area contributed by atoms with Crippen LogP contribution in [0.5, 0.6) is 5.75 Å². The van der Waals surface area contributed by atoms with Gasteiger partial charge in [0, 0.05) is 12.7 Å². The normalized spacial score (nSPS) is 18.7. The Bertz CT molecular complexity index is 637. The summed E-state index contributed by atoms with van der Waals surface area (Å²) in [6, 6.07) is 4.14. The van der Waals surface area contributed by atoms with Gasteiger partial charge in [0.05, 0.1) is 30.7 Å². The molecule has 1 aromatic rings. The van der Waals surface area contributed by atoms with E-state index in [-0.39, 0.29) is 22.9 Å². The highest BCUT2D eigenvalue weighted by molar-refractivity contribution is 7.92. The summed E-state index contributed by atoms with van der Waals surface area (Å²) in [6.45, 7) is 1.06. The number of carboxylic acids is 1. The van der Waals surface area contributed by atoms with Gasteiger partial charge in [-0.05, 0) is 30.9 Å². The van der Waals surface area contributed by atoms with Crippen molar-refractivity contribution >= 4 is 21.7 Å². The lowest BCUT2D eigenvalue weighted by molar-refractivity contribution is 0.0626. The number of anilines is 1. The smallest absolute Gasteiger partial charge is 0.337 e. The molecular weight excluding hydrogens is 310 g/mol. The van der Waals surface area contributed by atoms with E-state index in [4.69, 9.17) is 14.6 Å². The zero-order chi connectivity index (χ0) is 16.2. The first-order valence-electron chi connectivity index (χ1n) is 6.91. The first-order chi connectivity index (χ1) is 10.4. The van der Waals surface area contributed by atoms with E-state index < -0.39 is 16.0 Å². The Morgan fingerprint density at radius 1 is 1.50 bits per heavy atom. The molecule has 1 aromatic carbocycles. The summed E-state index contributed by atoms with van der Waals surface area (Å²) < 4.78 is 37.1. The van der Waals surface area contributed by atoms with Crippen LogP contribution in [0.25, 0.3) is 0 Å². The second-order valence-corrected chi connectivity index (χ2v) is 6.95. The van der Waals surface area contributed by atoms with Gasteiger partial charge in [0.25, 0.3) is 0 Å². The van der Waals surface area contributed by atoms with E-state index in [0.29, 0.717) is 19.0 Å². The molecule has 0 amide bonds. The van der Waals surface area contributed by atoms with E-state index in [2.05, 4.69) is 4.72 Å². The van der Waals surface area contributed by atoms with Crippen molar-refractivity contribution in [1.82, 2.24) is 0 Å². The summed E-state index contributed by atoms with van der Waals surface area (Å²) >= 11 is 0. The summed E-state index contributed by atoms with van der Waals surface area (Å²) in [5, 5.41) is 9.15. The van der Waals surface area contributed by atoms with E-state index in [9.17, 15) is 13.2 Å². The predicted molar refractivity (Wildman–Crippen MR) is 80.9 cm³/mol. The average molecular weight is 329 g/mol. The van der Waals surface area contributed by atoms with Crippen LogP contribution in [0.4, 0.5) is 5.69 Å². The molecule has 1 saturated heterocycles. The molecule has 0 spiro atoms. The fraction of sp³-hybridized carbons (Fsp3) is 0.500. The molecule has 0 radical (unpaired) electrons. The molecule has 0 aliphatic carbocycles. The van der Waals surface area contributed by atoms with Gasteiger partial charge in [-0.1, -0.05) is 0 Å². The summed E-state index contributed by atoms with van der Waals surface area (Å²) in [6.07, 6.45) is 1.62. The second-order valence-electron chi connectivity index (χ2n) is 5.18. The Morgan fingerprint density at radius 3 is 2.86 bits per heavy atom. The first kappa shape index (κ1) is 16.6. The standard InChI is InChI=1S/C14H19NO6S/c1-20-11-4-5-12(14(16)17)13(7-11)15-22(18,19)9-10-3-2-6-21-8-10/h4-5,7,10,15H,2-3,6,8-9H2,1H3,(H,16,17). The maximum absolute atomic E-state index is 12.2. The van der Waals surface area contributed by atoms with Crippen molar-refractivity contribution in [3.05, 3.63) is 23.8 Å². The summed E-state index contributed by atoms with van der Waals surface area (Å²) in [7, 11) is -2.24. The van der Waals surface area contributed by atoms with Crippen LogP contribution in [-0.4, -0.2) is 45.6 Å². The SMILES string of the molecule is COc1ccc(C(=O)O)c(NS(=O)(=O)CC2CCCOC2)c1. The zero-order valence-corrected chi connectivity index (χ0v) is 13.1. The molecule has 0 aromatic heterocycles. The topological polar surface area (TPSA) is 102 Å². The Hall–Kier alpha value is -1.80. The van der Waals surface area contributed by atoms with Gasteiger partial charge in [0.15, 0.2) is 0 Å². The third kappa shape index (κ3) is 4.35. The molecule has 1 heterocycles. The van der Waals surface area contributed by atoms with Crippen molar-refractivity contribution in [2.24, 2.45) is 5.92 Å². The van der Waals surface area contributed by atoms with Crippen molar-refractivity contribution in [3.8, 4) is 5.75 Å². The molecule has 2 rings (SSSR count). The highest BCUT2D eigenvalue weighted by Gasteiger charge is 2.23. The number of hydrogen-bond donors (Lipinski definition) is 2. The summed E-state index contributed by atoms with van der Waals surface area (Å²) in [4.78, 5) is 11.2. The second kappa shape index (κ2) is 6.97. The average Bonchev–Trinajstić information content (AvgIpc) is 2.46. The van der Waals surface area contributed by atoms with Crippen LogP contribution in [0.1, 0.15) is 23.2 Å². The van der Waals surface area contributed by atoms with Crippen molar-refractivity contribution in [3.63, 3.8) is 0 Å². The van der Waals surface area contributed by atoms with Gasteiger partial charge in [-0.25, -0.2) is 13.2 Å². The number of aromatic carboxylic acids is 1.